The van der Waals surface area contributed by atoms with Crippen molar-refractivity contribution >= 4 is 34.4 Å². The van der Waals surface area contributed by atoms with Crippen molar-refractivity contribution in [2.24, 2.45) is 0 Å². The third-order valence-electron chi connectivity index (χ3n) is 6.86. The van der Waals surface area contributed by atoms with Crippen LogP contribution in [0.3, 0.4) is 0 Å². The maximum Gasteiger partial charge on any atom is 0.337 e. The van der Waals surface area contributed by atoms with E-state index in [1.165, 1.54) is 12.1 Å². The molecule has 0 spiro atoms. The molecule has 0 aliphatic heterocycles. The number of hydrogen-bond acceptors (Lipinski definition) is 6. The molecule has 4 aromatic carbocycles. The zero-order valence-electron chi connectivity index (χ0n) is 22.9. The lowest BCUT2D eigenvalue weighted by atomic mass is 10.0. The molecule has 0 saturated heterocycles. The van der Waals surface area contributed by atoms with E-state index in [0.717, 1.165) is 11.3 Å². The monoisotopic (exact) mass is 587 g/mol. The fraction of sp³-hybridized carbons (Fsp3) is 0.156. The van der Waals surface area contributed by atoms with Crippen molar-refractivity contribution < 1.29 is 23.8 Å². The Labute approximate surface area is 245 Å². The van der Waals surface area contributed by atoms with Gasteiger partial charge in [0.25, 0.3) is 5.56 Å². The Bertz CT molecular complexity index is 1820. The number of aromatic carboxylic acids is 1. The molecule has 0 unspecified atom stereocenters. The number of nitrogens with zero attached hydrogens (tertiary/aromatic N) is 2. The number of carboxylic acid groups (broad SMARTS) is 1. The van der Waals surface area contributed by atoms with E-state index in [0.29, 0.717) is 35.4 Å². The number of halogens is 2. The lowest BCUT2D eigenvalue weighted by Crippen LogP contribution is -2.23. The van der Waals surface area contributed by atoms with Gasteiger partial charge in [0.1, 0.15) is 22.8 Å². The second-order valence-corrected chi connectivity index (χ2v) is 9.97. The van der Waals surface area contributed by atoms with Crippen LogP contribution in [0.15, 0.2) is 83.7 Å². The normalized spacial score (nSPS) is 11.0. The molecule has 0 fully saturated rings. The first kappa shape index (κ1) is 28.6. The van der Waals surface area contributed by atoms with Crippen LogP contribution in [0.25, 0.3) is 22.0 Å². The highest BCUT2D eigenvalue weighted by Crippen LogP contribution is 2.36. The van der Waals surface area contributed by atoms with E-state index in [1.807, 2.05) is 24.3 Å². The number of carboxylic acids is 1. The molecule has 214 valence electrons. The van der Waals surface area contributed by atoms with Crippen LogP contribution in [0, 0.1) is 5.82 Å². The van der Waals surface area contributed by atoms with Crippen molar-refractivity contribution in [1.82, 2.24) is 9.97 Å². The summed E-state index contributed by atoms with van der Waals surface area (Å²) in [5, 5.41) is 9.72. The van der Waals surface area contributed by atoms with Crippen LogP contribution in [0.1, 0.15) is 21.5 Å². The van der Waals surface area contributed by atoms with Gasteiger partial charge in [-0.1, -0.05) is 60.1 Å². The molecular weight excluding hydrogens is 561 g/mol. The number of para-hydroxylation sites is 1. The lowest BCUT2D eigenvalue weighted by molar-refractivity contribution is 0.0697. The van der Waals surface area contributed by atoms with Crippen molar-refractivity contribution in [3.63, 3.8) is 0 Å². The number of fused-ring (bicyclic) bond motifs is 1. The van der Waals surface area contributed by atoms with E-state index >= 15 is 0 Å². The quantitative estimate of drug-likeness (QED) is 0.196. The minimum atomic E-state index is -1.13. The molecule has 42 heavy (non-hydrogen) atoms. The van der Waals surface area contributed by atoms with Gasteiger partial charge < -0.3 is 19.5 Å². The lowest BCUT2D eigenvalue weighted by Gasteiger charge is -2.19. The number of ether oxygens (including phenoxy) is 2. The highest BCUT2D eigenvalue weighted by atomic mass is 35.5. The van der Waals surface area contributed by atoms with E-state index in [-0.39, 0.29) is 34.0 Å². The van der Waals surface area contributed by atoms with Gasteiger partial charge in [0.15, 0.2) is 0 Å². The Morgan fingerprint density at radius 1 is 1.02 bits per heavy atom. The number of benzene rings is 4. The van der Waals surface area contributed by atoms with Gasteiger partial charge in [-0.15, -0.1) is 0 Å². The summed E-state index contributed by atoms with van der Waals surface area (Å²) in [7, 11) is 3.36. The summed E-state index contributed by atoms with van der Waals surface area (Å²) < 4.78 is 26.2. The summed E-state index contributed by atoms with van der Waals surface area (Å²) >= 11 is 6.40. The van der Waals surface area contributed by atoms with E-state index < -0.39 is 17.3 Å². The summed E-state index contributed by atoms with van der Waals surface area (Å²) in [4.78, 5) is 33.7. The Morgan fingerprint density at radius 3 is 2.50 bits per heavy atom. The molecule has 10 heteroatoms. The zero-order chi connectivity index (χ0) is 29.8. The van der Waals surface area contributed by atoms with Crippen LogP contribution < -0.4 is 19.9 Å². The number of carbonyl (C=O) groups is 1. The van der Waals surface area contributed by atoms with Gasteiger partial charge in [-0.3, -0.25) is 9.78 Å². The predicted molar refractivity (Wildman–Crippen MR) is 160 cm³/mol. The maximum absolute atomic E-state index is 14.9. The molecule has 0 bridgehead atoms. The van der Waals surface area contributed by atoms with E-state index in [2.05, 4.69) is 9.97 Å². The Kier molecular flexibility index (Phi) is 8.40. The SMILES string of the molecule is COc1ccc(CN(C)c2nc3c(F)ccc(CCOc4ccccc4-c4cccc(C(=O)O)c4Cl)c3c(=O)[nH]2)cc1. The van der Waals surface area contributed by atoms with Gasteiger partial charge in [-0.05, 0) is 41.5 Å². The Hall–Kier alpha value is -4.89. The molecule has 8 nitrogen and oxygen atoms in total. The topological polar surface area (TPSA) is 105 Å². The van der Waals surface area contributed by atoms with Crippen LogP contribution in [0.4, 0.5) is 10.3 Å². The number of hydrogen-bond donors (Lipinski definition) is 2. The highest BCUT2D eigenvalue weighted by Gasteiger charge is 2.18. The van der Waals surface area contributed by atoms with Gasteiger partial charge in [0.05, 0.1) is 29.7 Å². The molecule has 1 aromatic heterocycles. The second-order valence-electron chi connectivity index (χ2n) is 9.59. The molecule has 0 aliphatic carbocycles. The molecule has 1 heterocycles. The minimum absolute atomic E-state index is 0.0116. The van der Waals surface area contributed by atoms with Gasteiger partial charge in [0.2, 0.25) is 5.95 Å². The average Bonchev–Trinajstić information content (AvgIpc) is 2.99. The van der Waals surface area contributed by atoms with Crippen LogP contribution in [-0.4, -0.2) is 41.8 Å². The summed E-state index contributed by atoms with van der Waals surface area (Å²) in [5.74, 6) is -0.264. The standard InChI is InChI=1S/C32H27ClFN3O5/c1-37(18-19-10-13-21(41-2)14-11-19)32-35-29-25(34)15-12-20(27(29)30(38)36-32)16-17-42-26-9-4-3-6-22(26)23-7-5-8-24(28(23)33)31(39)40/h3-15H,16-18H2,1-2H3,(H,39,40)(H,35,36,38). The number of rotatable bonds is 10. The fourth-order valence-electron chi connectivity index (χ4n) is 4.73. The molecule has 2 N–H and O–H groups in total. The molecule has 5 aromatic rings. The molecule has 0 radical (unpaired) electrons. The molecule has 0 aliphatic rings. The first-order valence-electron chi connectivity index (χ1n) is 13.1. The summed E-state index contributed by atoms with van der Waals surface area (Å²) in [6, 6.07) is 22.2. The molecule has 0 saturated carbocycles. The molecule has 0 atom stereocenters. The fourth-order valence-corrected chi connectivity index (χ4v) is 5.04. The molecular formula is C32H27ClFN3O5. The number of nitrogens with one attached hydrogen (secondary N) is 1. The van der Waals surface area contributed by atoms with E-state index in [9.17, 15) is 19.1 Å². The molecule has 0 amide bonds. The van der Waals surface area contributed by atoms with Gasteiger partial charge >= 0.3 is 5.97 Å². The summed E-state index contributed by atoms with van der Waals surface area (Å²) in [5.41, 5.74) is 2.19. The first-order valence-corrected chi connectivity index (χ1v) is 13.4. The summed E-state index contributed by atoms with van der Waals surface area (Å²) in [6.07, 6.45) is 0.291. The number of aromatic amines is 1. The van der Waals surface area contributed by atoms with Gasteiger partial charge in [0, 0.05) is 31.1 Å². The maximum atomic E-state index is 14.9. The van der Waals surface area contributed by atoms with Crippen molar-refractivity contribution in [3.8, 4) is 22.6 Å². The number of anilines is 1. The highest BCUT2D eigenvalue weighted by molar-refractivity contribution is 6.36. The van der Waals surface area contributed by atoms with Gasteiger partial charge in [-0.2, -0.15) is 0 Å². The summed E-state index contributed by atoms with van der Waals surface area (Å²) in [6.45, 7) is 0.596. The second kappa shape index (κ2) is 12.3. The van der Waals surface area contributed by atoms with Crippen LogP contribution in [0.2, 0.25) is 5.02 Å². The van der Waals surface area contributed by atoms with Crippen molar-refractivity contribution in [2.45, 2.75) is 13.0 Å². The molecule has 5 rings (SSSR count). The Morgan fingerprint density at radius 2 is 1.76 bits per heavy atom. The number of H-pyrrole nitrogens is 1. The van der Waals surface area contributed by atoms with Crippen LogP contribution >= 0.6 is 11.6 Å². The first-order chi connectivity index (χ1) is 20.3. The average molecular weight is 588 g/mol. The van der Waals surface area contributed by atoms with Gasteiger partial charge in [-0.25, -0.2) is 14.2 Å². The van der Waals surface area contributed by atoms with E-state index in [4.69, 9.17) is 21.1 Å². The van der Waals surface area contributed by atoms with Crippen LogP contribution in [0.5, 0.6) is 11.5 Å². The zero-order valence-corrected chi connectivity index (χ0v) is 23.6. The number of methoxy groups -OCH3 is 1. The minimum Gasteiger partial charge on any atom is -0.497 e. The smallest absolute Gasteiger partial charge is 0.337 e. The van der Waals surface area contributed by atoms with Crippen molar-refractivity contribution in [1.29, 1.82) is 0 Å². The predicted octanol–water partition coefficient (Wildman–Crippen LogP) is 6.35. The van der Waals surface area contributed by atoms with Crippen molar-refractivity contribution in [3.05, 3.63) is 117 Å². The Balaban J connectivity index is 1.37. The largest absolute Gasteiger partial charge is 0.497 e. The number of aromatic nitrogens is 2. The third-order valence-corrected chi connectivity index (χ3v) is 7.27. The van der Waals surface area contributed by atoms with E-state index in [1.54, 1.807) is 61.5 Å². The van der Waals surface area contributed by atoms with Crippen molar-refractivity contribution in [2.75, 3.05) is 25.7 Å². The van der Waals surface area contributed by atoms with Crippen LogP contribution in [-0.2, 0) is 13.0 Å². The third kappa shape index (κ3) is 5.91.